The molecule has 26 heavy (non-hydrogen) atoms. The lowest BCUT2D eigenvalue weighted by molar-refractivity contribution is -0.146. The second kappa shape index (κ2) is 13.2. The predicted octanol–water partition coefficient (Wildman–Crippen LogP) is 3.64. The molecular formula is C19H30IN3O2S. The van der Waals surface area contributed by atoms with E-state index in [2.05, 4.69) is 41.4 Å². The molecule has 2 rings (SSSR count). The highest BCUT2D eigenvalue weighted by Gasteiger charge is 2.26. The number of aliphatic imine (C=N–C) groups is 1. The predicted molar refractivity (Wildman–Crippen MR) is 119 cm³/mol. The minimum Gasteiger partial charge on any atom is -0.469 e. The second-order valence-electron chi connectivity index (χ2n) is 6.04. The summed E-state index contributed by atoms with van der Waals surface area (Å²) in [6.07, 6.45) is 2.72. The number of carbonyl (C=O) groups is 1. The molecule has 0 spiro atoms. The van der Waals surface area contributed by atoms with E-state index in [1.54, 1.807) is 0 Å². The first kappa shape index (κ1) is 23.1. The van der Waals surface area contributed by atoms with Crippen molar-refractivity contribution in [1.82, 2.24) is 10.2 Å². The van der Waals surface area contributed by atoms with Gasteiger partial charge in [0.15, 0.2) is 5.96 Å². The Morgan fingerprint density at radius 3 is 2.62 bits per heavy atom. The van der Waals surface area contributed by atoms with Crippen LogP contribution < -0.4 is 5.32 Å². The molecule has 0 aromatic heterocycles. The number of halogens is 1. The van der Waals surface area contributed by atoms with Crippen LogP contribution >= 0.6 is 35.7 Å². The lowest BCUT2D eigenvalue weighted by atomic mass is 9.97. The van der Waals surface area contributed by atoms with Gasteiger partial charge in [0.2, 0.25) is 0 Å². The molecule has 7 heteroatoms. The summed E-state index contributed by atoms with van der Waals surface area (Å²) in [5.74, 6) is 1.98. The number of guanidine groups is 1. The van der Waals surface area contributed by atoms with Crippen molar-refractivity contribution in [3.63, 3.8) is 0 Å². The number of rotatable bonds is 7. The van der Waals surface area contributed by atoms with Gasteiger partial charge in [0.25, 0.3) is 0 Å². The Labute approximate surface area is 178 Å². The number of carbonyl (C=O) groups excluding carboxylic acids is 1. The molecule has 1 heterocycles. The molecule has 1 aliphatic rings. The Kier molecular flexibility index (Phi) is 11.8. The zero-order chi connectivity index (χ0) is 17.9. The maximum Gasteiger partial charge on any atom is 0.308 e. The molecule has 0 aliphatic carbocycles. The Balaban J connectivity index is 0.00000338. The van der Waals surface area contributed by atoms with Crippen molar-refractivity contribution in [1.29, 1.82) is 0 Å². The monoisotopic (exact) mass is 491 g/mol. The quantitative estimate of drug-likeness (QED) is 0.158. The zero-order valence-electron chi connectivity index (χ0n) is 15.6. The van der Waals surface area contributed by atoms with E-state index in [9.17, 15) is 4.79 Å². The van der Waals surface area contributed by atoms with E-state index in [1.165, 1.54) is 12.0 Å². The summed E-state index contributed by atoms with van der Waals surface area (Å²) in [5.41, 5.74) is 0. The molecule has 0 radical (unpaired) electrons. The topological polar surface area (TPSA) is 53.9 Å². The Bertz CT molecular complexity index is 549. The van der Waals surface area contributed by atoms with Crippen LogP contribution in [0.3, 0.4) is 0 Å². The molecule has 0 bridgehead atoms. The van der Waals surface area contributed by atoms with E-state index in [-0.39, 0.29) is 35.9 Å². The lowest BCUT2D eigenvalue weighted by Crippen LogP contribution is -2.46. The number of ether oxygens (including phenoxy) is 1. The van der Waals surface area contributed by atoms with E-state index in [1.807, 2.05) is 17.8 Å². The van der Waals surface area contributed by atoms with Crippen molar-refractivity contribution < 1.29 is 9.53 Å². The van der Waals surface area contributed by atoms with Crippen LogP contribution in [0.25, 0.3) is 0 Å². The van der Waals surface area contributed by atoms with Crippen LogP contribution in [0.4, 0.5) is 0 Å². The Morgan fingerprint density at radius 2 is 2.00 bits per heavy atom. The SMILES string of the molecule is CCNC(=NCCCSc1ccccc1)N1CCC(C(=O)OC)CC1.I. The van der Waals surface area contributed by atoms with E-state index in [0.717, 1.165) is 57.2 Å². The fraction of sp³-hybridized carbons (Fsp3) is 0.579. The molecule has 1 N–H and O–H groups in total. The molecule has 1 aromatic rings. The van der Waals surface area contributed by atoms with Gasteiger partial charge in [0.05, 0.1) is 13.0 Å². The lowest BCUT2D eigenvalue weighted by Gasteiger charge is -2.33. The summed E-state index contributed by atoms with van der Waals surface area (Å²) in [6.45, 7) is 5.46. The minimum atomic E-state index is -0.0838. The van der Waals surface area contributed by atoms with Gasteiger partial charge in [-0.15, -0.1) is 35.7 Å². The maximum absolute atomic E-state index is 11.6. The number of nitrogens with zero attached hydrogens (tertiary/aromatic N) is 2. The maximum atomic E-state index is 11.6. The van der Waals surface area contributed by atoms with Crippen LogP contribution in [0.1, 0.15) is 26.2 Å². The standard InChI is InChI=1S/C19H29N3O2S.HI/c1-3-20-19(22-13-10-16(11-14-22)18(23)24-2)21-12-7-15-25-17-8-5-4-6-9-17;/h4-6,8-9,16H,3,7,10-15H2,1-2H3,(H,20,21);1H. The number of benzene rings is 1. The average Bonchev–Trinajstić information content (AvgIpc) is 2.67. The van der Waals surface area contributed by atoms with Crippen molar-refractivity contribution in [2.45, 2.75) is 31.1 Å². The number of hydrogen-bond donors (Lipinski definition) is 1. The minimum absolute atomic E-state index is 0. The first-order valence-electron chi connectivity index (χ1n) is 9.03. The largest absolute Gasteiger partial charge is 0.469 e. The summed E-state index contributed by atoms with van der Waals surface area (Å²) in [7, 11) is 1.47. The fourth-order valence-corrected chi connectivity index (χ4v) is 3.73. The fourth-order valence-electron chi connectivity index (χ4n) is 2.88. The number of likely N-dealkylation sites (tertiary alicyclic amines) is 1. The molecule has 0 atom stereocenters. The summed E-state index contributed by atoms with van der Waals surface area (Å²) in [6, 6.07) is 10.5. The molecule has 0 amide bonds. The third-order valence-electron chi connectivity index (χ3n) is 4.24. The Morgan fingerprint density at radius 1 is 1.31 bits per heavy atom. The van der Waals surface area contributed by atoms with Crippen LogP contribution in [0.15, 0.2) is 40.2 Å². The molecule has 0 unspecified atom stereocenters. The van der Waals surface area contributed by atoms with Gasteiger partial charge in [-0.3, -0.25) is 9.79 Å². The number of thioether (sulfide) groups is 1. The highest BCUT2D eigenvalue weighted by atomic mass is 127. The molecule has 1 aliphatic heterocycles. The smallest absolute Gasteiger partial charge is 0.308 e. The number of esters is 1. The molecule has 5 nitrogen and oxygen atoms in total. The van der Waals surface area contributed by atoms with Crippen LogP contribution in [-0.2, 0) is 9.53 Å². The second-order valence-corrected chi connectivity index (χ2v) is 7.20. The number of methoxy groups -OCH3 is 1. The number of piperidine rings is 1. The van der Waals surface area contributed by atoms with Gasteiger partial charge >= 0.3 is 5.97 Å². The van der Waals surface area contributed by atoms with Crippen molar-refractivity contribution in [2.24, 2.45) is 10.9 Å². The van der Waals surface area contributed by atoms with Gasteiger partial charge < -0.3 is 15.0 Å². The van der Waals surface area contributed by atoms with E-state index in [0.29, 0.717) is 0 Å². The van der Waals surface area contributed by atoms with Crippen LogP contribution in [0.5, 0.6) is 0 Å². The molecule has 1 saturated heterocycles. The average molecular weight is 491 g/mol. The summed E-state index contributed by atoms with van der Waals surface area (Å²) in [5, 5.41) is 3.37. The molecule has 146 valence electrons. The molecule has 1 aromatic carbocycles. The number of hydrogen-bond acceptors (Lipinski definition) is 4. The third kappa shape index (κ3) is 7.73. The van der Waals surface area contributed by atoms with Crippen molar-refractivity contribution in [2.75, 3.05) is 39.0 Å². The first-order valence-corrected chi connectivity index (χ1v) is 10.0. The zero-order valence-corrected chi connectivity index (χ0v) is 18.8. The van der Waals surface area contributed by atoms with Crippen LogP contribution in [0, 0.1) is 5.92 Å². The van der Waals surface area contributed by atoms with Gasteiger partial charge in [-0.1, -0.05) is 18.2 Å². The number of nitrogens with one attached hydrogen (secondary N) is 1. The molecular weight excluding hydrogens is 461 g/mol. The summed E-state index contributed by atoms with van der Waals surface area (Å²) in [4.78, 5) is 20.0. The van der Waals surface area contributed by atoms with Crippen molar-refractivity contribution in [3.8, 4) is 0 Å². The Hall–Kier alpha value is -0.960. The molecule has 0 saturated carbocycles. The van der Waals surface area contributed by atoms with E-state index < -0.39 is 0 Å². The van der Waals surface area contributed by atoms with Gasteiger partial charge in [0.1, 0.15) is 0 Å². The van der Waals surface area contributed by atoms with Gasteiger partial charge in [-0.05, 0) is 44.1 Å². The van der Waals surface area contributed by atoms with Gasteiger partial charge in [-0.25, -0.2) is 0 Å². The summed E-state index contributed by atoms with van der Waals surface area (Å²) >= 11 is 1.87. The van der Waals surface area contributed by atoms with Gasteiger partial charge in [0, 0.05) is 31.1 Å². The first-order chi connectivity index (χ1) is 12.2. The highest BCUT2D eigenvalue weighted by Crippen LogP contribution is 2.19. The van der Waals surface area contributed by atoms with Gasteiger partial charge in [-0.2, -0.15) is 0 Å². The third-order valence-corrected chi connectivity index (χ3v) is 5.34. The van der Waals surface area contributed by atoms with Crippen molar-refractivity contribution in [3.05, 3.63) is 30.3 Å². The van der Waals surface area contributed by atoms with Crippen molar-refractivity contribution >= 4 is 47.7 Å². The van der Waals surface area contributed by atoms with Crippen LogP contribution in [-0.4, -0.2) is 55.9 Å². The van der Waals surface area contributed by atoms with Crippen LogP contribution in [0.2, 0.25) is 0 Å². The molecule has 1 fully saturated rings. The normalized spacial score (nSPS) is 15.3. The van der Waals surface area contributed by atoms with E-state index >= 15 is 0 Å². The highest BCUT2D eigenvalue weighted by molar-refractivity contribution is 14.0. The summed E-state index contributed by atoms with van der Waals surface area (Å²) < 4.78 is 4.86. The van der Waals surface area contributed by atoms with E-state index in [4.69, 9.17) is 9.73 Å².